The van der Waals surface area contributed by atoms with E-state index in [0.29, 0.717) is 17.4 Å². The van der Waals surface area contributed by atoms with Gasteiger partial charge in [0.1, 0.15) is 13.2 Å². The van der Waals surface area contributed by atoms with E-state index in [9.17, 15) is 19.5 Å². The predicted molar refractivity (Wildman–Crippen MR) is 306 cm³/mol. The van der Waals surface area contributed by atoms with Crippen molar-refractivity contribution in [1.82, 2.24) is 0 Å². The van der Waals surface area contributed by atoms with Crippen LogP contribution in [0.1, 0.15) is 309 Å². The van der Waals surface area contributed by atoms with E-state index in [4.69, 9.17) is 18.9 Å². The lowest BCUT2D eigenvalue weighted by Crippen LogP contribution is -2.44. The first kappa shape index (κ1) is 70.8. The largest absolute Gasteiger partial charge is 0.545 e. The molecule has 0 aromatic heterocycles. The number of quaternary nitrogens is 1. The highest BCUT2D eigenvalue weighted by atomic mass is 16.7. The third-order valence-corrected chi connectivity index (χ3v) is 14.2. The summed E-state index contributed by atoms with van der Waals surface area (Å²) in [5, 5.41) is 11.8. The molecule has 0 heterocycles. The minimum absolute atomic E-state index is 0.150. The predicted octanol–water partition coefficient (Wildman–Crippen LogP) is 17.4. The van der Waals surface area contributed by atoms with Gasteiger partial charge in [0.25, 0.3) is 0 Å². The van der Waals surface area contributed by atoms with Gasteiger partial charge in [0.2, 0.25) is 0 Å². The monoisotopic (exact) mass is 1030 g/mol. The summed E-state index contributed by atoms with van der Waals surface area (Å²) in [5.74, 6) is -2.26. The normalized spacial score (nSPS) is 12.8. The number of esters is 2. The van der Waals surface area contributed by atoms with Gasteiger partial charge >= 0.3 is 11.9 Å². The fourth-order valence-electron chi connectivity index (χ4n) is 9.29. The molecule has 0 N–H and O–H groups in total. The number of rotatable bonds is 59. The number of hydrogen-bond donors (Lipinski definition) is 0. The molecular formula is C64H121NO8. The van der Waals surface area contributed by atoms with Gasteiger partial charge < -0.3 is 33.3 Å². The minimum Gasteiger partial charge on any atom is -0.545 e. The van der Waals surface area contributed by atoms with Crippen molar-refractivity contribution < 1.29 is 42.9 Å². The van der Waals surface area contributed by atoms with E-state index in [-0.39, 0.29) is 32.2 Å². The van der Waals surface area contributed by atoms with Gasteiger partial charge in [-0.2, -0.15) is 0 Å². The summed E-state index contributed by atoms with van der Waals surface area (Å²) in [6.45, 7) is 4.79. The molecular weight excluding hydrogens is 911 g/mol. The Bertz CT molecular complexity index is 1250. The number of hydrogen-bond acceptors (Lipinski definition) is 8. The van der Waals surface area contributed by atoms with E-state index in [1.54, 1.807) is 0 Å². The first-order chi connectivity index (χ1) is 35.6. The molecule has 0 saturated heterocycles. The zero-order chi connectivity index (χ0) is 53.4. The van der Waals surface area contributed by atoms with Crippen molar-refractivity contribution in [2.45, 2.75) is 322 Å². The molecule has 0 rings (SSSR count). The maximum Gasteiger partial charge on any atom is 0.306 e. The highest BCUT2D eigenvalue weighted by Crippen LogP contribution is 2.17. The molecule has 0 aliphatic heterocycles. The third kappa shape index (κ3) is 57.3. The van der Waals surface area contributed by atoms with Gasteiger partial charge in [-0.3, -0.25) is 9.59 Å². The molecule has 0 spiro atoms. The molecule has 0 bridgehead atoms. The fourth-order valence-corrected chi connectivity index (χ4v) is 9.29. The topological polar surface area (TPSA) is 111 Å². The Morgan fingerprint density at radius 1 is 0.397 bits per heavy atom. The second-order valence-corrected chi connectivity index (χ2v) is 22.7. The van der Waals surface area contributed by atoms with Crippen LogP contribution in [-0.4, -0.2) is 82.3 Å². The van der Waals surface area contributed by atoms with Crippen LogP contribution in [0.3, 0.4) is 0 Å². The third-order valence-electron chi connectivity index (χ3n) is 14.2. The van der Waals surface area contributed by atoms with Crippen LogP contribution in [0.5, 0.6) is 0 Å². The Kier molecular flexibility index (Phi) is 54.3. The molecule has 73 heavy (non-hydrogen) atoms. The summed E-state index contributed by atoms with van der Waals surface area (Å²) < 4.78 is 22.8. The van der Waals surface area contributed by atoms with Crippen LogP contribution < -0.4 is 5.11 Å². The SMILES string of the molecule is CCCCCCCC/C=C\CCCCCCCCCCCC(=O)OCC(COC(OCC[N+](C)(C)C)C(=O)[O-])OC(=O)CCCCCCCCCCCCCCCCCCC/C=C\CCCCCCCCCC. The standard InChI is InChI=1S/C64H121NO8/c1-6-8-10-12-14-16-18-20-22-24-26-27-28-29-30-31-32-33-34-35-37-39-41-43-45-47-49-51-53-55-62(67)73-60(59-72-64(63(68)69)70-57-56-65(3,4)5)58-71-61(66)54-52-50-48-46-44-42-40-38-36-25-23-21-19-17-15-13-11-9-7-2/h21,23-24,26,60,64H,6-20,22,25,27-59H2,1-5H3/b23-21-,26-24-. The molecule has 2 unspecified atom stereocenters. The summed E-state index contributed by atoms with van der Waals surface area (Å²) in [6, 6.07) is 0. The maximum absolute atomic E-state index is 12.9. The van der Waals surface area contributed by atoms with Crippen LogP contribution in [0.4, 0.5) is 0 Å². The molecule has 430 valence electrons. The van der Waals surface area contributed by atoms with E-state index in [1.165, 1.54) is 244 Å². The lowest BCUT2D eigenvalue weighted by atomic mass is 10.0. The lowest BCUT2D eigenvalue weighted by molar-refractivity contribution is -0.870. The molecule has 0 radical (unpaired) electrons. The Labute approximate surface area is 452 Å². The number of allylic oxidation sites excluding steroid dienone is 4. The molecule has 0 aliphatic rings. The first-order valence-electron chi connectivity index (χ1n) is 31.5. The van der Waals surface area contributed by atoms with Crippen LogP contribution in [0.15, 0.2) is 24.3 Å². The van der Waals surface area contributed by atoms with Gasteiger partial charge in [0, 0.05) is 12.8 Å². The summed E-state index contributed by atoms with van der Waals surface area (Å²) in [5.41, 5.74) is 0. The lowest BCUT2D eigenvalue weighted by Gasteiger charge is -2.26. The average molecular weight is 1030 g/mol. The number of aliphatic carboxylic acids is 1. The second kappa shape index (κ2) is 56.0. The number of nitrogens with zero attached hydrogens (tertiary/aromatic N) is 1. The Hall–Kier alpha value is -2.23. The first-order valence-corrected chi connectivity index (χ1v) is 31.5. The maximum atomic E-state index is 12.9. The van der Waals surface area contributed by atoms with Gasteiger partial charge in [0.05, 0.1) is 40.3 Å². The quantitative estimate of drug-likeness (QED) is 0.0195. The van der Waals surface area contributed by atoms with E-state index in [0.717, 1.165) is 38.5 Å². The molecule has 9 nitrogen and oxygen atoms in total. The van der Waals surface area contributed by atoms with Crippen molar-refractivity contribution >= 4 is 17.9 Å². The number of carbonyl (C=O) groups is 3. The van der Waals surface area contributed by atoms with Crippen LogP contribution in [0.2, 0.25) is 0 Å². The smallest absolute Gasteiger partial charge is 0.306 e. The highest BCUT2D eigenvalue weighted by molar-refractivity contribution is 5.70. The van der Waals surface area contributed by atoms with Crippen molar-refractivity contribution in [2.24, 2.45) is 0 Å². The molecule has 0 aliphatic carbocycles. The average Bonchev–Trinajstić information content (AvgIpc) is 3.36. The number of unbranched alkanes of at least 4 members (excludes halogenated alkanes) is 40. The van der Waals surface area contributed by atoms with Gasteiger partial charge in [-0.1, -0.05) is 256 Å². The number of carbonyl (C=O) groups excluding carboxylic acids is 3. The van der Waals surface area contributed by atoms with Gasteiger partial charge in [-0.25, -0.2) is 0 Å². The van der Waals surface area contributed by atoms with E-state index >= 15 is 0 Å². The number of carboxylic acids is 1. The Morgan fingerprint density at radius 2 is 0.699 bits per heavy atom. The minimum atomic E-state index is -1.62. The van der Waals surface area contributed by atoms with Crippen molar-refractivity contribution in [3.63, 3.8) is 0 Å². The van der Waals surface area contributed by atoms with E-state index in [1.807, 2.05) is 21.1 Å². The van der Waals surface area contributed by atoms with Crippen LogP contribution in [0.25, 0.3) is 0 Å². The summed E-state index contributed by atoms with van der Waals surface area (Å²) in [6.07, 6.45) is 63.8. The zero-order valence-electron chi connectivity index (χ0n) is 49.0. The van der Waals surface area contributed by atoms with Crippen molar-refractivity contribution in [1.29, 1.82) is 0 Å². The molecule has 0 saturated carbocycles. The van der Waals surface area contributed by atoms with Gasteiger partial charge in [-0.15, -0.1) is 0 Å². The summed E-state index contributed by atoms with van der Waals surface area (Å²) in [7, 11) is 5.93. The number of likely N-dealkylation sites (N-methyl/N-ethyl adjacent to an activating group) is 1. The van der Waals surface area contributed by atoms with Crippen LogP contribution >= 0.6 is 0 Å². The van der Waals surface area contributed by atoms with Crippen LogP contribution in [-0.2, 0) is 33.3 Å². The zero-order valence-corrected chi connectivity index (χ0v) is 49.0. The number of carboxylic acid groups (broad SMARTS) is 1. The van der Waals surface area contributed by atoms with Crippen molar-refractivity contribution in [3.05, 3.63) is 24.3 Å². The molecule has 0 amide bonds. The Morgan fingerprint density at radius 3 is 1.01 bits per heavy atom. The van der Waals surface area contributed by atoms with Crippen LogP contribution in [0, 0.1) is 0 Å². The molecule has 2 atom stereocenters. The highest BCUT2D eigenvalue weighted by Gasteiger charge is 2.22. The van der Waals surface area contributed by atoms with Gasteiger partial charge in [0.15, 0.2) is 12.4 Å². The second-order valence-electron chi connectivity index (χ2n) is 22.7. The van der Waals surface area contributed by atoms with Gasteiger partial charge in [-0.05, 0) is 64.2 Å². The van der Waals surface area contributed by atoms with Crippen molar-refractivity contribution in [3.8, 4) is 0 Å². The Balaban J connectivity index is 4.12. The van der Waals surface area contributed by atoms with Crippen molar-refractivity contribution in [2.75, 3.05) is 47.5 Å². The summed E-state index contributed by atoms with van der Waals surface area (Å²) >= 11 is 0. The molecule has 0 aromatic carbocycles. The van der Waals surface area contributed by atoms with E-state index < -0.39 is 24.3 Å². The van der Waals surface area contributed by atoms with E-state index in [2.05, 4.69) is 38.2 Å². The number of ether oxygens (including phenoxy) is 4. The molecule has 0 aromatic rings. The fraction of sp³-hybridized carbons (Fsp3) is 0.891. The molecule has 0 fully saturated rings. The summed E-state index contributed by atoms with van der Waals surface area (Å²) in [4.78, 5) is 37.3. The molecule has 9 heteroatoms.